The molecule has 124 valence electrons. The average Bonchev–Trinajstić information content (AvgIpc) is 2.67. The minimum absolute atomic E-state index is 0.356. The van der Waals surface area contributed by atoms with E-state index < -0.39 is 11.9 Å². The van der Waals surface area contributed by atoms with E-state index >= 15 is 0 Å². The number of carbonyl (C=O) groups is 2. The summed E-state index contributed by atoms with van der Waals surface area (Å²) in [6.07, 6.45) is 7.79. The summed E-state index contributed by atoms with van der Waals surface area (Å²) in [7, 11) is 1.96. The van der Waals surface area contributed by atoms with Gasteiger partial charge in [0.2, 0.25) is 0 Å². The summed E-state index contributed by atoms with van der Waals surface area (Å²) in [5.41, 5.74) is -0.356. The minimum atomic E-state index is -1.26. The molecule has 3 aliphatic rings. The van der Waals surface area contributed by atoms with Crippen LogP contribution in [0.15, 0.2) is 12.2 Å². The molecule has 3 rings (SSSR count). The summed E-state index contributed by atoms with van der Waals surface area (Å²) in [4.78, 5) is 19.1. The first-order valence-corrected chi connectivity index (χ1v) is 7.87. The zero-order chi connectivity index (χ0) is 16.3. The van der Waals surface area contributed by atoms with Crippen molar-refractivity contribution in [1.29, 1.82) is 0 Å². The summed E-state index contributed by atoms with van der Waals surface area (Å²) < 4.78 is 0. The Morgan fingerprint density at radius 2 is 1.77 bits per heavy atom. The highest BCUT2D eigenvalue weighted by molar-refractivity contribution is 5.89. The van der Waals surface area contributed by atoms with E-state index in [-0.39, 0.29) is 5.60 Å². The van der Waals surface area contributed by atoms with E-state index in [4.69, 9.17) is 10.2 Å². The largest absolute Gasteiger partial charge is 0.478 e. The Balaban J connectivity index is 0.000000192. The van der Waals surface area contributed by atoms with Crippen LogP contribution in [0.4, 0.5) is 0 Å². The van der Waals surface area contributed by atoms with E-state index in [9.17, 15) is 14.7 Å². The molecule has 3 fully saturated rings. The zero-order valence-electron chi connectivity index (χ0n) is 12.9. The molecule has 0 heterocycles. The molecule has 0 spiro atoms. The number of aliphatic hydroxyl groups is 1. The maximum atomic E-state index is 10.8. The topological polar surface area (TPSA) is 107 Å². The van der Waals surface area contributed by atoms with E-state index in [2.05, 4.69) is 5.32 Å². The molecule has 0 saturated heterocycles. The van der Waals surface area contributed by atoms with E-state index in [1.807, 2.05) is 7.05 Å². The van der Waals surface area contributed by atoms with Crippen molar-refractivity contribution in [3.05, 3.63) is 12.2 Å². The molecule has 6 heteroatoms. The number of carboxylic acids is 2. The molecule has 3 aliphatic carbocycles. The summed E-state index contributed by atoms with van der Waals surface area (Å²) in [5, 5.41) is 29.6. The van der Waals surface area contributed by atoms with Crippen LogP contribution in [-0.2, 0) is 9.59 Å². The molecule has 3 bridgehead atoms. The van der Waals surface area contributed by atoms with Crippen molar-refractivity contribution in [3.8, 4) is 0 Å². The first-order valence-electron chi connectivity index (χ1n) is 7.87. The van der Waals surface area contributed by atoms with Gasteiger partial charge in [-0.3, -0.25) is 0 Å². The molecule has 0 amide bonds. The van der Waals surface area contributed by atoms with Crippen molar-refractivity contribution in [2.75, 3.05) is 13.6 Å². The fourth-order valence-electron chi connectivity index (χ4n) is 4.76. The Hall–Kier alpha value is -1.40. The van der Waals surface area contributed by atoms with Gasteiger partial charge in [0.25, 0.3) is 0 Å². The van der Waals surface area contributed by atoms with Gasteiger partial charge in [0.15, 0.2) is 0 Å². The van der Waals surface area contributed by atoms with Gasteiger partial charge in [-0.1, -0.05) is 0 Å². The van der Waals surface area contributed by atoms with Crippen LogP contribution in [0.5, 0.6) is 0 Å². The number of likely N-dealkylation sites (N-methyl/N-ethyl adjacent to an activating group) is 1. The maximum absolute atomic E-state index is 10.8. The summed E-state index contributed by atoms with van der Waals surface area (Å²) in [6, 6.07) is 0. The molecule has 6 nitrogen and oxygen atoms in total. The van der Waals surface area contributed by atoms with Gasteiger partial charge in [0.1, 0.15) is 0 Å². The van der Waals surface area contributed by atoms with Gasteiger partial charge in [-0.15, -0.1) is 0 Å². The fourth-order valence-corrected chi connectivity index (χ4v) is 4.76. The molecule has 5 unspecified atom stereocenters. The molecule has 0 radical (unpaired) electrons. The number of aliphatic carboxylic acids is 2. The Morgan fingerprint density at radius 1 is 1.14 bits per heavy atom. The molecular weight excluding hydrogens is 286 g/mol. The van der Waals surface area contributed by atoms with Gasteiger partial charge >= 0.3 is 11.9 Å². The zero-order valence-corrected chi connectivity index (χ0v) is 12.9. The van der Waals surface area contributed by atoms with Crippen LogP contribution >= 0.6 is 0 Å². The van der Waals surface area contributed by atoms with E-state index in [1.54, 1.807) is 0 Å². The Labute approximate surface area is 130 Å². The molecule has 4 N–H and O–H groups in total. The van der Waals surface area contributed by atoms with E-state index in [0.717, 1.165) is 18.4 Å². The number of fused-ring (bicyclic) bond motifs is 2. The molecule has 5 atom stereocenters. The van der Waals surface area contributed by atoms with Crippen LogP contribution in [0, 0.1) is 23.7 Å². The van der Waals surface area contributed by atoms with E-state index in [1.165, 1.54) is 32.1 Å². The lowest BCUT2D eigenvalue weighted by molar-refractivity contribution is -0.134. The lowest BCUT2D eigenvalue weighted by atomic mass is 9.61. The third-order valence-corrected chi connectivity index (χ3v) is 5.47. The first-order chi connectivity index (χ1) is 10.4. The van der Waals surface area contributed by atoms with Crippen LogP contribution in [0.1, 0.15) is 32.1 Å². The quantitative estimate of drug-likeness (QED) is 0.579. The highest BCUT2D eigenvalue weighted by Gasteiger charge is 2.57. The fraction of sp³-hybridized carbons (Fsp3) is 0.750. The van der Waals surface area contributed by atoms with Crippen LogP contribution in [-0.4, -0.2) is 46.5 Å². The van der Waals surface area contributed by atoms with Crippen molar-refractivity contribution in [2.45, 2.75) is 37.7 Å². The summed E-state index contributed by atoms with van der Waals surface area (Å²) in [6.45, 7) is 0.811. The van der Waals surface area contributed by atoms with Crippen molar-refractivity contribution < 1.29 is 24.9 Å². The highest BCUT2D eigenvalue weighted by Crippen LogP contribution is 2.59. The number of hydrogen-bond acceptors (Lipinski definition) is 4. The number of carboxylic acid groups (broad SMARTS) is 2. The minimum Gasteiger partial charge on any atom is -0.478 e. The van der Waals surface area contributed by atoms with Gasteiger partial charge in [-0.25, -0.2) is 9.59 Å². The molecule has 22 heavy (non-hydrogen) atoms. The Morgan fingerprint density at radius 3 is 2.32 bits per heavy atom. The average molecular weight is 311 g/mol. The lowest BCUT2D eigenvalue weighted by Gasteiger charge is -2.49. The second-order valence-electron chi connectivity index (χ2n) is 6.75. The van der Waals surface area contributed by atoms with Gasteiger partial charge in [0.05, 0.1) is 5.60 Å². The smallest absolute Gasteiger partial charge is 0.328 e. The Bertz CT molecular complexity index is 447. The predicted octanol–water partition coefficient (Wildman–Crippen LogP) is 1.10. The Kier molecular flexibility index (Phi) is 5.24. The number of hydrogen-bond donors (Lipinski definition) is 4. The van der Waals surface area contributed by atoms with E-state index in [0.29, 0.717) is 24.0 Å². The standard InChI is InChI=1S/C12H21NO.C4H4O4/c1-13-7-12(14)10-3-2-9-4-8(5-10)6-11(9)12;5-3(6)1-2-4(7)8/h8-11,13-14H,2-7H2,1H3;1-2H,(H,5,6)(H,7,8). The summed E-state index contributed by atoms with van der Waals surface area (Å²) in [5.74, 6) is 0.497. The highest BCUT2D eigenvalue weighted by atomic mass is 16.4. The maximum Gasteiger partial charge on any atom is 0.328 e. The summed E-state index contributed by atoms with van der Waals surface area (Å²) >= 11 is 0. The number of nitrogens with one attached hydrogen (secondary N) is 1. The van der Waals surface area contributed by atoms with Crippen LogP contribution in [0.2, 0.25) is 0 Å². The predicted molar refractivity (Wildman–Crippen MR) is 80.3 cm³/mol. The van der Waals surface area contributed by atoms with Crippen LogP contribution < -0.4 is 5.32 Å². The van der Waals surface area contributed by atoms with Crippen molar-refractivity contribution in [3.63, 3.8) is 0 Å². The molecular formula is C16H25NO5. The first kappa shape index (κ1) is 17.0. The van der Waals surface area contributed by atoms with Crippen LogP contribution in [0.25, 0.3) is 0 Å². The van der Waals surface area contributed by atoms with Crippen molar-refractivity contribution >= 4 is 11.9 Å². The second-order valence-corrected chi connectivity index (χ2v) is 6.75. The van der Waals surface area contributed by atoms with Crippen molar-refractivity contribution in [2.24, 2.45) is 23.7 Å². The normalized spacial score (nSPS) is 38.6. The second kappa shape index (κ2) is 6.79. The lowest BCUT2D eigenvalue weighted by Crippen LogP contribution is -2.56. The number of rotatable bonds is 4. The molecule has 0 aromatic rings. The van der Waals surface area contributed by atoms with Gasteiger partial charge in [-0.05, 0) is 62.8 Å². The van der Waals surface area contributed by atoms with Gasteiger partial charge in [-0.2, -0.15) is 0 Å². The monoisotopic (exact) mass is 311 g/mol. The SMILES string of the molecule is CNCC1(O)C2CCC3CC(C2)CC31.O=C(O)C=CC(=O)O. The van der Waals surface area contributed by atoms with Gasteiger partial charge < -0.3 is 20.6 Å². The molecule has 0 aromatic heterocycles. The third kappa shape index (κ3) is 3.50. The van der Waals surface area contributed by atoms with Crippen molar-refractivity contribution in [1.82, 2.24) is 5.32 Å². The van der Waals surface area contributed by atoms with Crippen LogP contribution in [0.3, 0.4) is 0 Å². The third-order valence-electron chi connectivity index (χ3n) is 5.47. The molecule has 0 aliphatic heterocycles. The van der Waals surface area contributed by atoms with Gasteiger partial charge in [0, 0.05) is 18.7 Å². The molecule has 3 saturated carbocycles. The molecule has 0 aromatic carbocycles.